The number of hydrogen-bond acceptors (Lipinski definition) is 3. The lowest BCUT2D eigenvalue weighted by atomic mass is 9.36. The quantitative estimate of drug-likeness (QED) is 0.127. The van der Waals surface area contributed by atoms with Crippen molar-refractivity contribution in [3.8, 4) is 22.3 Å². The minimum absolute atomic E-state index is 0.160. The van der Waals surface area contributed by atoms with Gasteiger partial charge < -0.3 is 4.90 Å². The smallest absolute Gasteiger partial charge is 0.247 e. The van der Waals surface area contributed by atoms with Gasteiger partial charge in [-0.05, 0) is 121 Å². The van der Waals surface area contributed by atoms with Gasteiger partial charge in [-0.15, -0.1) is 0 Å². The van der Waals surface area contributed by atoms with E-state index >= 15 is 0 Å². The van der Waals surface area contributed by atoms with Gasteiger partial charge in [0.15, 0.2) is 0 Å². The van der Waals surface area contributed by atoms with Crippen molar-refractivity contribution in [2.45, 2.75) is 19.6 Å². The predicted octanol–water partition coefficient (Wildman–Crippen LogP) is 13.4. The van der Waals surface area contributed by atoms with Gasteiger partial charge in [-0.25, -0.2) is 0 Å². The maximum absolute atomic E-state index is 2.50. The van der Waals surface area contributed by atoms with Gasteiger partial charge in [-0.1, -0.05) is 180 Å². The summed E-state index contributed by atoms with van der Waals surface area (Å²) in [4.78, 5) is 7.69. The fourth-order valence-electron chi connectivity index (χ4n) is 9.41. The zero-order valence-electron chi connectivity index (χ0n) is 31.5. The molecule has 0 bridgehead atoms. The molecule has 1 nitrogen and oxygen atoms in total. The Morgan fingerprint density at radius 3 is 1.50 bits per heavy atom. The number of para-hydroxylation sites is 2. The Hall–Kier alpha value is -6.46. The van der Waals surface area contributed by atoms with Crippen LogP contribution in [0.5, 0.6) is 0 Å². The highest BCUT2D eigenvalue weighted by Crippen LogP contribution is 2.48. The molecule has 0 saturated carbocycles. The first-order valence-electron chi connectivity index (χ1n) is 19.9. The van der Waals surface area contributed by atoms with Gasteiger partial charge in [0.2, 0.25) is 6.71 Å². The molecule has 58 heavy (non-hydrogen) atoms. The largest absolute Gasteiger partial charge is 0.310 e. The monoisotopic (exact) mass is 771 g/mol. The first-order chi connectivity index (χ1) is 28.8. The molecule has 12 rings (SSSR count). The van der Waals surface area contributed by atoms with Crippen molar-refractivity contribution < 1.29 is 0 Å². The van der Waals surface area contributed by atoms with E-state index in [0.29, 0.717) is 0 Å². The van der Waals surface area contributed by atoms with Crippen LogP contribution in [0.1, 0.15) is 0 Å². The van der Waals surface area contributed by atoms with Gasteiger partial charge in [0.25, 0.3) is 0 Å². The van der Waals surface area contributed by atoms with E-state index < -0.39 is 0 Å². The van der Waals surface area contributed by atoms with E-state index in [4.69, 9.17) is 0 Å². The summed E-state index contributed by atoms with van der Waals surface area (Å²) < 4.78 is 0. The van der Waals surface area contributed by atoms with Crippen molar-refractivity contribution in [1.82, 2.24) is 0 Å². The van der Waals surface area contributed by atoms with E-state index in [1.54, 1.807) is 0 Å². The van der Waals surface area contributed by atoms with Crippen LogP contribution in [0.3, 0.4) is 0 Å². The molecule has 0 saturated heterocycles. The summed E-state index contributed by atoms with van der Waals surface area (Å²) in [5.74, 6) is 0. The van der Waals surface area contributed by atoms with E-state index in [1.165, 1.54) is 90.5 Å². The fourth-order valence-corrected chi connectivity index (χ4v) is 11.9. The van der Waals surface area contributed by atoms with Crippen LogP contribution in [0.2, 0.25) is 0 Å². The van der Waals surface area contributed by atoms with Crippen LogP contribution in [-0.2, 0) is 0 Å². The normalized spacial score (nSPS) is 12.7. The topological polar surface area (TPSA) is 3.24 Å². The van der Waals surface area contributed by atoms with E-state index in [-0.39, 0.29) is 6.71 Å². The van der Waals surface area contributed by atoms with Crippen LogP contribution in [-0.4, -0.2) is 6.71 Å². The lowest BCUT2D eigenvalue weighted by Gasteiger charge is -2.34. The Kier molecular flexibility index (Phi) is 7.89. The van der Waals surface area contributed by atoms with Crippen LogP contribution in [0, 0.1) is 0 Å². The molecular formula is C54H34BNS2. The number of fused-ring (bicyclic) bond motifs is 7. The molecule has 0 N–H and O–H groups in total. The fraction of sp³-hybridized carbons (Fsp3) is 0. The van der Waals surface area contributed by atoms with Crippen LogP contribution >= 0.6 is 23.5 Å². The maximum Gasteiger partial charge on any atom is 0.247 e. The molecular weight excluding hydrogens is 738 g/mol. The number of benzene rings is 10. The summed E-state index contributed by atoms with van der Waals surface area (Å²) >= 11 is 3.85. The number of anilines is 3. The molecule has 2 heterocycles. The predicted molar refractivity (Wildman–Crippen MR) is 250 cm³/mol. The zero-order valence-corrected chi connectivity index (χ0v) is 33.1. The van der Waals surface area contributed by atoms with Crippen LogP contribution in [0.25, 0.3) is 54.6 Å². The van der Waals surface area contributed by atoms with Crippen molar-refractivity contribution in [3.63, 3.8) is 0 Å². The molecule has 270 valence electrons. The summed E-state index contributed by atoms with van der Waals surface area (Å²) in [6.45, 7) is 0.160. The summed E-state index contributed by atoms with van der Waals surface area (Å²) in [5, 5.41) is 7.62. The number of nitrogens with zero attached hydrogens (tertiary/aromatic N) is 1. The lowest BCUT2D eigenvalue weighted by molar-refractivity contribution is 1.26. The highest BCUT2D eigenvalue weighted by molar-refractivity contribution is 8.01. The third kappa shape index (κ3) is 5.36. The standard InChI is InChI=1S/C54H34BNS2/c1-3-17-39(18-4-1)56(40-19-5-2-6-20-40)41-29-30-47-49(34-41)58-51-33-38(32-50-54(51)55(47)46-25-13-14-26-48(46)57-50)53-44-23-11-9-21-42(44)52(43-22-10-12-24-45(43)53)37-28-27-35-15-7-8-16-36(35)31-37/h1-34H. The first kappa shape index (κ1) is 33.7. The molecule has 10 aromatic carbocycles. The molecule has 2 aliphatic rings. The second-order valence-electron chi connectivity index (χ2n) is 15.2. The Morgan fingerprint density at radius 2 is 0.845 bits per heavy atom. The van der Waals surface area contributed by atoms with Crippen LogP contribution < -0.4 is 21.3 Å². The summed E-state index contributed by atoms with van der Waals surface area (Å²) in [7, 11) is 0. The maximum atomic E-state index is 2.50. The number of rotatable bonds is 5. The van der Waals surface area contributed by atoms with E-state index in [2.05, 4.69) is 211 Å². The van der Waals surface area contributed by atoms with E-state index in [0.717, 1.165) is 17.1 Å². The van der Waals surface area contributed by atoms with E-state index in [1.807, 2.05) is 23.5 Å². The average molecular weight is 772 g/mol. The highest BCUT2D eigenvalue weighted by Gasteiger charge is 2.39. The second-order valence-corrected chi connectivity index (χ2v) is 17.4. The molecule has 0 fully saturated rings. The molecule has 10 aromatic rings. The average Bonchev–Trinajstić information content (AvgIpc) is 3.28. The van der Waals surface area contributed by atoms with Crippen LogP contribution in [0.4, 0.5) is 17.1 Å². The molecule has 0 amide bonds. The molecule has 0 aliphatic carbocycles. The van der Waals surface area contributed by atoms with E-state index in [9.17, 15) is 0 Å². The molecule has 2 aliphatic heterocycles. The Bertz CT molecular complexity index is 3160. The SMILES string of the molecule is c1ccc(N(c2ccccc2)c2ccc3c(c2)Sc2cc(-c4c5ccccc5c(-c5ccc6ccccc6c5)c5ccccc45)cc4c2B3c2ccccc2S4)cc1. The molecule has 0 aromatic heterocycles. The Labute approximate surface area is 347 Å². The highest BCUT2D eigenvalue weighted by atomic mass is 32.2. The molecule has 4 heteroatoms. The molecule has 0 radical (unpaired) electrons. The Balaban J connectivity index is 1.07. The molecule has 0 unspecified atom stereocenters. The van der Waals surface area contributed by atoms with Crippen molar-refractivity contribution in [2.75, 3.05) is 4.90 Å². The Morgan fingerprint density at radius 1 is 0.328 bits per heavy atom. The first-order valence-corrected chi connectivity index (χ1v) is 21.5. The summed E-state index contributed by atoms with van der Waals surface area (Å²) in [5.41, 5.74) is 12.7. The van der Waals surface area contributed by atoms with Crippen molar-refractivity contribution in [2.24, 2.45) is 0 Å². The number of hydrogen-bond donors (Lipinski definition) is 0. The van der Waals surface area contributed by atoms with Crippen LogP contribution in [0.15, 0.2) is 226 Å². The van der Waals surface area contributed by atoms with Gasteiger partial charge in [-0.3, -0.25) is 0 Å². The minimum Gasteiger partial charge on any atom is -0.310 e. The van der Waals surface area contributed by atoms with Gasteiger partial charge >= 0.3 is 0 Å². The van der Waals surface area contributed by atoms with Gasteiger partial charge in [0.1, 0.15) is 0 Å². The van der Waals surface area contributed by atoms with Crippen molar-refractivity contribution >= 4 is 96.0 Å². The van der Waals surface area contributed by atoms with Gasteiger partial charge in [0.05, 0.1) is 0 Å². The van der Waals surface area contributed by atoms with Gasteiger partial charge in [-0.2, -0.15) is 0 Å². The van der Waals surface area contributed by atoms with Crippen molar-refractivity contribution in [3.05, 3.63) is 206 Å². The molecule has 0 atom stereocenters. The minimum atomic E-state index is 0.160. The third-order valence-corrected chi connectivity index (χ3v) is 14.2. The van der Waals surface area contributed by atoms with Crippen molar-refractivity contribution in [1.29, 1.82) is 0 Å². The second kappa shape index (κ2) is 13.6. The van der Waals surface area contributed by atoms with Gasteiger partial charge in [0, 0.05) is 36.6 Å². The lowest BCUT2D eigenvalue weighted by Crippen LogP contribution is -2.58. The zero-order chi connectivity index (χ0) is 38.2. The third-order valence-electron chi connectivity index (χ3n) is 11.9. The molecule has 0 spiro atoms. The summed E-state index contributed by atoms with van der Waals surface area (Å²) in [6, 6.07) is 76.3. The summed E-state index contributed by atoms with van der Waals surface area (Å²) in [6.07, 6.45) is 0.